The van der Waals surface area contributed by atoms with E-state index in [1.807, 2.05) is 33.8 Å². The zero-order valence-corrected chi connectivity index (χ0v) is 14.9. The number of benzene rings is 1. The van der Waals surface area contributed by atoms with E-state index in [0.29, 0.717) is 5.69 Å². The second-order valence-electron chi connectivity index (χ2n) is 7.05. The van der Waals surface area contributed by atoms with Gasteiger partial charge in [0.15, 0.2) is 0 Å². The molecule has 6 nitrogen and oxygen atoms in total. The molecule has 1 heterocycles. The molecule has 0 saturated heterocycles. The van der Waals surface area contributed by atoms with Crippen LogP contribution in [0.5, 0.6) is 0 Å². The molecule has 0 aliphatic rings. The van der Waals surface area contributed by atoms with Gasteiger partial charge in [-0.1, -0.05) is 51.1 Å². The van der Waals surface area contributed by atoms with Gasteiger partial charge >= 0.3 is 11.4 Å². The van der Waals surface area contributed by atoms with E-state index in [0.717, 1.165) is 10.1 Å². The third-order valence-corrected chi connectivity index (χ3v) is 4.01. The largest absolute Gasteiger partial charge is 0.378 e. The van der Waals surface area contributed by atoms with Crippen LogP contribution in [0.4, 0.5) is 0 Å². The van der Waals surface area contributed by atoms with Crippen molar-refractivity contribution in [2.45, 2.75) is 39.8 Å². The number of hydrogen-bond acceptors (Lipinski definition) is 3. The van der Waals surface area contributed by atoms with Gasteiger partial charge in [-0.25, -0.2) is 23.9 Å². The molecule has 2 rings (SSSR count). The molecule has 1 N–H and O–H groups in total. The summed E-state index contributed by atoms with van der Waals surface area (Å²) in [5.41, 5.74) is 0.0866. The summed E-state index contributed by atoms with van der Waals surface area (Å²) in [6.45, 7) is 11.9. The van der Waals surface area contributed by atoms with Gasteiger partial charge in [0, 0.05) is 7.11 Å². The van der Waals surface area contributed by atoms with Crippen molar-refractivity contribution in [2.24, 2.45) is 5.41 Å². The van der Waals surface area contributed by atoms with Gasteiger partial charge in [-0.3, -0.25) is 0 Å². The molecular formula is C18H25N3O3. The summed E-state index contributed by atoms with van der Waals surface area (Å²) in [7, 11) is 1.60. The molecule has 0 unspecified atom stereocenters. The number of aromatic nitrogens is 3. The summed E-state index contributed by atoms with van der Waals surface area (Å²) in [5, 5.41) is 2.65. The van der Waals surface area contributed by atoms with Crippen LogP contribution in [-0.4, -0.2) is 27.6 Å². The van der Waals surface area contributed by atoms with Gasteiger partial charge in [0.25, 0.3) is 0 Å². The fourth-order valence-corrected chi connectivity index (χ4v) is 2.96. The predicted octanol–water partition coefficient (Wildman–Crippen LogP) is 2.51. The van der Waals surface area contributed by atoms with Crippen LogP contribution in [0.2, 0.25) is 0 Å². The minimum atomic E-state index is -0.485. The lowest BCUT2D eigenvalue weighted by Gasteiger charge is -2.36. The third kappa shape index (κ3) is 3.28. The normalized spacial score (nSPS) is 14.4. The topological polar surface area (TPSA) is 69.0 Å². The van der Waals surface area contributed by atoms with Gasteiger partial charge in [0.1, 0.15) is 6.04 Å². The monoisotopic (exact) mass is 331 g/mol. The van der Waals surface area contributed by atoms with Gasteiger partial charge in [-0.15, -0.1) is 0 Å². The van der Waals surface area contributed by atoms with Gasteiger partial charge in [0.2, 0.25) is 0 Å². The Morgan fingerprint density at radius 3 is 2.25 bits per heavy atom. The van der Waals surface area contributed by atoms with E-state index in [9.17, 15) is 9.59 Å². The van der Waals surface area contributed by atoms with E-state index < -0.39 is 17.4 Å². The molecule has 0 saturated carbocycles. The fourth-order valence-electron chi connectivity index (χ4n) is 2.96. The summed E-state index contributed by atoms with van der Waals surface area (Å²) in [6.07, 6.45) is -0.324. The number of H-pyrrole nitrogens is 1. The highest BCUT2D eigenvalue weighted by molar-refractivity contribution is 5.30. The van der Waals surface area contributed by atoms with Gasteiger partial charge < -0.3 is 4.74 Å². The van der Waals surface area contributed by atoms with Gasteiger partial charge in [0.05, 0.1) is 11.8 Å². The minimum Gasteiger partial charge on any atom is -0.378 e. The molecule has 0 radical (unpaired) electrons. The molecule has 2 aromatic rings. The quantitative estimate of drug-likeness (QED) is 0.856. The Hall–Kier alpha value is -2.34. The van der Waals surface area contributed by atoms with E-state index >= 15 is 0 Å². The van der Waals surface area contributed by atoms with Crippen molar-refractivity contribution in [3.63, 3.8) is 0 Å². The molecule has 2 atom stereocenters. The summed E-state index contributed by atoms with van der Waals surface area (Å²) in [4.78, 5) is 25.2. The first-order valence-corrected chi connectivity index (χ1v) is 7.85. The average molecular weight is 331 g/mol. The summed E-state index contributed by atoms with van der Waals surface area (Å²) < 4.78 is 8.08. The van der Waals surface area contributed by atoms with E-state index in [1.54, 1.807) is 31.4 Å². The molecule has 0 spiro atoms. The number of methoxy groups -OCH3 is 1. The second kappa shape index (κ2) is 6.65. The van der Waals surface area contributed by atoms with Crippen molar-refractivity contribution in [1.82, 2.24) is 14.3 Å². The Morgan fingerprint density at radius 2 is 1.79 bits per heavy atom. The van der Waals surface area contributed by atoms with Crippen LogP contribution in [-0.2, 0) is 4.74 Å². The molecule has 0 aliphatic heterocycles. The highest BCUT2D eigenvalue weighted by Crippen LogP contribution is 2.33. The van der Waals surface area contributed by atoms with Crippen molar-refractivity contribution >= 4 is 0 Å². The van der Waals surface area contributed by atoms with Gasteiger partial charge in [-0.05, 0) is 24.5 Å². The molecule has 0 bridgehead atoms. The number of hydrogen-bond donors (Lipinski definition) is 1. The number of nitrogens with zero attached hydrogens (tertiary/aromatic N) is 2. The number of nitrogens with one attached hydrogen (secondary N) is 1. The molecule has 0 aliphatic carbocycles. The second-order valence-corrected chi connectivity index (χ2v) is 7.05. The zero-order chi connectivity index (χ0) is 18.1. The Kier molecular flexibility index (Phi) is 4.99. The molecule has 1 aromatic carbocycles. The maximum atomic E-state index is 12.9. The number of ether oxygens (including phenoxy) is 1. The number of rotatable bonds is 5. The lowest BCUT2D eigenvalue weighted by atomic mass is 9.82. The van der Waals surface area contributed by atoms with Crippen molar-refractivity contribution in [3.8, 4) is 5.69 Å². The maximum absolute atomic E-state index is 12.9. The molecular weight excluding hydrogens is 306 g/mol. The third-order valence-electron chi connectivity index (χ3n) is 4.01. The SMILES string of the molecule is C=C(C)[C@H]([C@@H](OC)C(C)(C)C)n1[nH]c(=O)n(-c2ccccc2)c1=O. The van der Waals surface area contributed by atoms with Crippen LogP contribution in [0.25, 0.3) is 5.69 Å². The highest BCUT2D eigenvalue weighted by Gasteiger charge is 2.36. The molecule has 1 aromatic heterocycles. The fraction of sp³-hybridized carbons (Fsp3) is 0.444. The molecule has 24 heavy (non-hydrogen) atoms. The van der Waals surface area contributed by atoms with Gasteiger partial charge in [-0.2, -0.15) is 0 Å². The molecule has 6 heteroatoms. The van der Waals surface area contributed by atoms with Crippen LogP contribution in [0.1, 0.15) is 33.7 Å². The molecule has 0 amide bonds. The average Bonchev–Trinajstić information content (AvgIpc) is 2.78. The van der Waals surface area contributed by atoms with Crippen LogP contribution in [0, 0.1) is 5.41 Å². The Labute approximate surface area is 141 Å². The van der Waals surface area contributed by atoms with Crippen molar-refractivity contribution in [2.75, 3.05) is 7.11 Å². The highest BCUT2D eigenvalue weighted by atomic mass is 16.5. The summed E-state index contributed by atoms with van der Waals surface area (Å²) in [6, 6.07) is 8.35. The summed E-state index contributed by atoms with van der Waals surface area (Å²) in [5.74, 6) is 0. The van der Waals surface area contributed by atoms with Crippen LogP contribution < -0.4 is 11.4 Å². The van der Waals surface area contributed by atoms with Crippen LogP contribution in [0.3, 0.4) is 0 Å². The first kappa shape index (κ1) is 18.0. The first-order valence-electron chi connectivity index (χ1n) is 7.85. The summed E-state index contributed by atoms with van der Waals surface area (Å²) >= 11 is 0. The predicted molar refractivity (Wildman–Crippen MR) is 94.8 cm³/mol. The van der Waals surface area contributed by atoms with E-state index in [4.69, 9.17) is 4.74 Å². The molecule has 130 valence electrons. The first-order chi connectivity index (χ1) is 11.2. The smallest absolute Gasteiger partial charge is 0.352 e. The number of aromatic amines is 1. The Bertz CT molecular complexity index is 822. The van der Waals surface area contributed by atoms with Crippen molar-refractivity contribution < 1.29 is 4.74 Å². The minimum absolute atomic E-state index is 0.246. The maximum Gasteiger partial charge on any atom is 0.352 e. The van der Waals surface area contributed by atoms with E-state index in [-0.39, 0.29) is 11.5 Å². The van der Waals surface area contributed by atoms with Crippen molar-refractivity contribution in [1.29, 1.82) is 0 Å². The van der Waals surface area contributed by atoms with Crippen LogP contribution in [0.15, 0.2) is 52.1 Å². The lowest BCUT2D eigenvalue weighted by Crippen LogP contribution is -2.42. The number of para-hydroxylation sites is 1. The molecule has 0 fully saturated rings. The zero-order valence-electron chi connectivity index (χ0n) is 14.9. The Morgan fingerprint density at radius 1 is 1.21 bits per heavy atom. The van der Waals surface area contributed by atoms with Crippen molar-refractivity contribution in [3.05, 3.63) is 63.5 Å². The van der Waals surface area contributed by atoms with E-state index in [2.05, 4.69) is 11.7 Å². The van der Waals surface area contributed by atoms with E-state index in [1.165, 1.54) is 4.68 Å². The van der Waals surface area contributed by atoms with Crippen LogP contribution >= 0.6 is 0 Å². The standard InChI is InChI=1S/C18H25N3O3/c1-12(2)14(15(24-6)18(3,4)5)21-17(23)20(16(22)19-21)13-10-8-7-9-11-13/h7-11,14-15H,1H2,2-6H3,(H,19,22)/t14-,15-/m1/s1. The lowest BCUT2D eigenvalue weighted by molar-refractivity contribution is -0.0156. The Balaban J connectivity index is 2.65.